The topological polar surface area (TPSA) is 135 Å². The predicted molar refractivity (Wildman–Crippen MR) is 155 cm³/mol. The molecule has 3 N–H and O–H groups in total. The molecular weight excluding hydrogens is 522 g/mol. The number of H-pyrrole nitrogens is 1. The van der Waals surface area contributed by atoms with Gasteiger partial charge in [-0.25, -0.2) is 9.78 Å². The number of carbonyl (C=O) groups is 3. The van der Waals surface area contributed by atoms with Crippen LogP contribution in [-0.2, 0) is 20.7 Å². The van der Waals surface area contributed by atoms with Crippen LogP contribution >= 0.6 is 0 Å². The second kappa shape index (κ2) is 13.0. The van der Waals surface area contributed by atoms with E-state index in [-0.39, 0.29) is 47.3 Å². The van der Waals surface area contributed by atoms with Gasteiger partial charge >= 0.3 is 5.97 Å². The number of hydrogen-bond donors (Lipinski definition) is 3. The van der Waals surface area contributed by atoms with E-state index in [9.17, 15) is 19.5 Å². The van der Waals surface area contributed by atoms with Crippen LogP contribution in [0.5, 0.6) is 0 Å². The van der Waals surface area contributed by atoms with Gasteiger partial charge in [-0.1, -0.05) is 76.2 Å². The SMILES string of the molecule is COC(=O)c1nc([C@@H](NC(=O)[C@@H](CC(=O)[C@@H](O)C(C)C)Cc2ccccc2)C(C)C)oc1-c1c[nH]c2ccccc12. The van der Waals surface area contributed by atoms with Crippen molar-refractivity contribution in [3.8, 4) is 11.3 Å². The van der Waals surface area contributed by atoms with Crippen LogP contribution in [0.1, 0.15) is 62.1 Å². The lowest BCUT2D eigenvalue weighted by molar-refractivity contribution is -0.135. The number of aromatic nitrogens is 2. The average Bonchev–Trinajstić information content (AvgIpc) is 3.59. The quantitative estimate of drug-likeness (QED) is 0.202. The monoisotopic (exact) mass is 559 g/mol. The normalized spacial score (nSPS) is 13.8. The minimum Gasteiger partial charge on any atom is -0.464 e. The van der Waals surface area contributed by atoms with Crippen LogP contribution in [0, 0.1) is 17.8 Å². The Morgan fingerprint density at radius 1 is 1.00 bits per heavy atom. The largest absolute Gasteiger partial charge is 0.464 e. The van der Waals surface area contributed by atoms with Crippen LogP contribution in [0.2, 0.25) is 0 Å². The van der Waals surface area contributed by atoms with Crippen molar-refractivity contribution < 1.29 is 28.6 Å². The minimum absolute atomic E-state index is 0.00298. The molecule has 0 saturated heterocycles. The number of aliphatic hydroxyl groups excluding tert-OH is 1. The maximum Gasteiger partial charge on any atom is 0.360 e. The van der Waals surface area contributed by atoms with Crippen molar-refractivity contribution in [2.75, 3.05) is 7.11 Å². The van der Waals surface area contributed by atoms with Gasteiger partial charge in [0, 0.05) is 35.0 Å². The lowest BCUT2D eigenvalue weighted by atomic mass is 9.89. The molecule has 4 rings (SSSR count). The Morgan fingerprint density at radius 3 is 2.34 bits per heavy atom. The van der Waals surface area contributed by atoms with Gasteiger partial charge in [-0.2, -0.15) is 0 Å². The number of nitrogens with one attached hydrogen (secondary N) is 2. The first-order valence-corrected chi connectivity index (χ1v) is 13.8. The van der Waals surface area contributed by atoms with Gasteiger partial charge in [0.1, 0.15) is 12.1 Å². The number of ether oxygens (including phenoxy) is 1. The standard InChI is InChI=1S/C32H37N3O6/c1-18(2)26(34-30(38)21(15-20-11-7-6-8-12-20)16-25(36)28(37)19(3)4)31-35-27(32(39)40-5)29(41-31)23-17-33-24-14-10-9-13-22(23)24/h6-14,17-19,21,26,28,33,37H,15-16H2,1-5H3,(H,34,38)/t21-,26+,28+/m1/s1. The number of methoxy groups -OCH3 is 1. The highest BCUT2D eigenvalue weighted by atomic mass is 16.5. The van der Waals surface area contributed by atoms with Gasteiger partial charge in [-0.3, -0.25) is 9.59 Å². The number of esters is 1. The summed E-state index contributed by atoms with van der Waals surface area (Å²) < 4.78 is 11.2. The zero-order valence-electron chi connectivity index (χ0n) is 24.0. The molecule has 0 spiro atoms. The fourth-order valence-electron chi connectivity index (χ4n) is 4.82. The van der Waals surface area contributed by atoms with E-state index in [0.717, 1.165) is 16.5 Å². The number of ketones is 1. The van der Waals surface area contributed by atoms with Crippen LogP contribution in [0.3, 0.4) is 0 Å². The lowest BCUT2D eigenvalue weighted by Crippen LogP contribution is -2.39. The number of amides is 1. The summed E-state index contributed by atoms with van der Waals surface area (Å²) in [6, 6.07) is 16.3. The second-order valence-electron chi connectivity index (χ2n) is 10.9. The summed E-state index contributed by atoms with van der Waals surface area (Å²) in [6.45, 7) is 7.32. The van der Waals surface area contributed by atoms with Gasteiger partial charge in [0.05, 0.1) is 7.11 Å². The number of oxazole rings is 1. The Hall–Kier alpha value is -4.24. The van der Waals surface area contributed by atoms with Crippen LogP contribution in [0.15, 0.2) is 65.2 Å². The van der Waals surface area contributed by atoms with Gasteiger partial charge < -0.3 is 24.6 Å². The Morgan fingerprint density at radius 2 is 1.68 bits per heavy atom. The van der Waals surface area contributed by atoms with Crippen molar-refractivity contribution in [3.63, 3.8) is 0 Å². The zero-order valence-corrected chi connectivity index (χ0v) is 24.0. The first kappa shape index (κ1) is 29.7. The van der Waals surface area contributed by atoms with Crippen molar-refractivity contribution in [2.24, 2.45) is 17.8 Å². The second-order valence-corrected chi connectivity index (χ2v) is 10.9. The molecule has 0 aliphatic rings. The number of nitrogens with zero attached hydrogens (tertiary/aromatic N) is 1. The Balaban J connectivity index is 1.68. The van der Waals surface area contributed by atoms with Crippen LogP contribution in [-0.4, -0.2) is 45.9 Å². The van der Waals surface area contributed by atoms with Gasteiger partial charge in [0.2, 0.25) is 11.8 Å². The van der Waals surface area contributed by atoms with Gasteiger partial charge in [0.25, 0.3) is 0 Å². The molecule has 0 aliphatic carbocycles. The van der Waals surface area contributed by atoms with E-state index in [2.05, 4.69) is 15.3 Å². The van der Waals surface area contributed by atoms with Gasteiger partial charge in [0.15, 0.2) is 17.2 Å². The third kappa shape index (κ3) is 6.74. The molecule has 41 heavy (non-hydrogen) atoms. The number of para-hydroxylation sites is 1. The Bertz CT molecular complexity index is 1500. The third-order valence-corrected chi connectivity index (χ3v) is 7.19. The van der Waals surface area contributed by atoms with E-state index < -0.39 is 24.0 Å². The molecule has 3 atom stereocenters. The first-order chi connectivity index (χ1) is 19.6. The van der Waals surface area contributed by atoms with Crippen molar-refractivity contribution in [2.45, 2.75) is 52.7 Å². The number of carbonyl (C=O) groups excluding carboxylic acids is 3. The number of fused-ring (bicyclic) bond motifs is 1. The van der Waals surface area contributed by atoms with Crippen molar-refractivity contribution >= 4 is 28.6 Å². The number of aromatic amines is 1. The predicted octanol–water partition coefficient (Wildman–Crippen LogP) is 5.26. The molecule has 0 unspecified atom stereocenters. The zero-order chi connectivity index (χ0) is 29.7. The molecule has 0 bridgehead atoms. The fourth-order valence-corrected chi connectivity index (χ4v) is 4.82. The van der Waals surface area contributed by atoms with E-state index in [1.54, 1.807) is 20.0 Å². The Kier molecular flexibility index (Phi) is 9.39. The molecular formula is C32H37N3O6. The smallest absolute Gasteiger partial charge is 0.360 e. The molecule has 2 heterocycles. The summed E-state index contributed by atoms with van der Waals surface area (Å²) >= 11 is 0. The summed E-state index contributed by atoms with van der Waals surface area (Å²) in [6.07, 6.45) is 0.777. The van der Waals surface area contributed by atoms with Crippen LogP contribution < -0.4 is 5.32 Å². The van der Waals surface area contributed by atoms with Crippen molar-refractivity contribution in [1.29, 1.82) is 0 Å². The maximum absolute atomic E-state index is 13.7. The molecule has 216 valence electrons. The molecule has 0 fully saturated rings. The lowest BCUT2D eigenvalue weighted by Gasteiger charge is -2.24. The molecule has 9 heteroatoms. The summed E-state index contributed by atoms with van der Waals surface area (Å²) in [4.78, 5) is 47.0. The van der Waals surface area contributed by atoms with Crippen LogP contribution in [0.4, 0.5) is 0 Å². The van der Waals surface area contributed by atoms with E-state index in [1.165, 1.54) is 7.11 Å². The number of rotatable bonds is 12. The van der Waals surface area contributed by atoms with E-state index >= 15 is 0 Å². The number of Topliss-reactive ketones (excluding diaryl/α,β-unsaturated/α-hetero) is 1. The van der Waals surface area contributed by atoms with Crippen LogP contribution in [0.25, 0.3) is 22.2 Å². The highest BCUT2D eigenvalue weighted by Crippen LogP contribution is 2.35. The van der Waals surface area contributed by atoms with Crippen molar-refractivity contribution in [3.05, 3.63) is 77.9 Å². The van der Waals surface area contributed by atoms with Gasteiger partial charge in [-0.05, 0) is 29.9 Å². The number of aliphatic hydroxyl groups is 1. The van der Waals surface area contributed by atoms with E-state index in [1.807, 2.05) is 68.4 Å². The molecule has 0 saturated carbocycles. The summed E-state index contributed by atoms with van der Waals surface area (Å²) in [5.74, 6) is -2.20. The highest BCUT2D eigenvalue weighted by Gasteiger charge is 2.33. The average molecular weight is 560 g/mol. The first-order valence-electron chi connectivity index (χ1n) is 13.8. The molecule has 2 aromatic carbocycles. The number of benzene rings is 2. The molecule has 2 aromatic heterocycles. The molecule has 4 aromatic rings. The molecule has 1 amide bonds. The van der Waals surface area contributed by atoms with E-state index in [4.69, 9.17) is 9.15 Å². The number of hydrogen-bond acceptors (Lipinski definition) is 7. The molecule has 0 radical (unpaired) electrons. The fraction of sp³-hybridized carbons (Fsp3) is 0.375. The minimum atomic E-state index is -1.16. The summed E-state index contributed by atoms with van der Waals surface area (Å²) in [5.41, 5.74) is 2.40. The molecule has 9 nitrogen and oxygen atoms in total. The maximum atomic E-state index is 13.7. The summed E-state index contributed by atoms with van der Waals surface area (Å²) in [7, 11) is 1.27. The van der Waals surface area contributed by atoms with Gasteiger partial charge in [-0.15, -0.1) is 0 Å². The van der Waals surface area contributed by atoms with Crippen molar-refractivity contribution in [1.82, 2.24) is 15.3 Å². The highest BCUT2D eigenvalue weighted by molar-refractivity contribution is 6.01. The molecule has 0 aliphatic heterocycles. The van der Waals surface area contributed by atoms with E-state index in [0.29, 0.717) is 12.0 Å². The summed E-state index contributed by atoms with van der Waals surface area (Å²) in [5, 5.41) is 14.2. The third-order valence-electron chi connectivity index (χ3n) is 7.19. The Labute approximate surface area is 239 Å².